The highest BCUT2D eigenvalue weighted by molar-refractivity contribution is 7.85. The van der Waals surface area contributed by atoms with Gasteiger partial charge in [0.2, 0.25) is 5.95 Å². The minimum Gasteiger partial charge on any atom is -0.412 e. The highest BCUT2D eigenvalue weighted by atomic mass is 32.2. The third-order valence-corrected chi connectivity index (χ3v) is 2.91. The van der Waals surface area contributed by atoms with Crippen LogP contribution in [0.5, 0.6) is 0 Å². The van der Waals surface area contributed by atoms with E-state index in [2.05, 4.69) is 15.3 Å². The van der Waals surface area contributed by atoms with Crippen LogP contribution in [0.2, 0.25) is 0 Å². The Morgan fingerprint density at radius 2 is 1.81 bits per heavy atom. The van der Waals surface area contributed by atoms with Crippen LogP contribution in [0.15, 0.2) is 38.8 Å². The largest absolute Gasteiger partial charge is 0.412 e. The molecule has 0 saturated carbocycles. The Balaban J connectivity index is 0.00000200. The van der Waals surface area contributed by atoms with E-state index in [0.29, 0.717) is 0 Å². The van der Waals surface area contributed by atoms with E-state index in [-0.39, 0.29) is 27.5 Å². The molecule has 0 saturated heterocycles. The Morgan fingerprint density at radius 3 is 2.38 bits per heavy atom. The predicted molar refractivity (Wildman–Crippen MR) is 72.2 cm³/mol. The molecule has 116 valence electrons. The van der Waals surface area contributed by atoms with E-state index in [1.165, 1.54) is 18.2 Å². The topological polar surface area (TPSA) is 208 Å². The summed E-state index contributed by atoms with van der Waals surface area (Å²) in [5.74, 6) is -0.152. The van der Waals surface area contributed by atoms with E-state index in [0.717, 1.165) is 6.07 Å². The first-order chi connectivity index (χ1) is 8.84. The molecule has 0 aliphatic carbocycles. The number of benzene rings is 1. The van der Waals surface area contributed by atoms with Gasteiger partial charge in [-0.15, -0.1) is 0 Å². The molecule has 8 N–H and O–H groups in total. The Labute approximate surface area is 117 Å². The Bertz CT molecular complexity index is 798. The van der Waals surface area contributed by atoms with E-state index >= 15 is 0 Å². The summed E-state index contributed by atoms with van der Waals surface area (Å²) < 4.78 is 30.8. The quantitative estimate of drug-likeness (QED) is 0.458. The monoisotopic (exact) mass is 320 g/mol. The number of aromatic nitrogens is 3. The summed E-state index contributed by atoms with van der Waals surface area (Å²) in [6, 6.07) is 5.15. The first-order valence-electron chi connectivity index (χ1n) is 4.90. The van der Waals surface area contributed by atoms with Crippen molar-refractivity contribution in [3.05, 3.63) is 45.2 Å². The van der Waals surface area contributed by atoms with Gasteiger partial charge in [0.25, 0.3) is 10.1 Å². The normalized spacial score (nSPS) is 10.1. The van der Waals surface area contributed by atoms with Crippen LogP contribution in [0.25, 0.3) is 0 Å². The van der Waals surface area contributed by atoms with E-state index in [1.807, 2.05) is 4.98 Å². The fraction of sp³-hybridized carbons (Fsp3) is 0. The average molecular weight is 320 g/mol. The lowest BCUT2D eigenvalue weighted by molar-refractivity contribution is 0.483. The van der Waals surface area contributed by atoms with Gasteiger partial charge in [0.1, 0.15) is 0 Å². The number of aromatic amines is 2. The molecule has 0 radical (unpaired) electrons. The van der Waals surface area contributed by atoms with Crippen molar-refractivity contribution in [3.8, 4) is 0 Å². The molecule has 0 aliphatic rings. The second kappa shape index (κ2) is 6.76. The van der Waals surface area contributed by atoms with Crippen LogP contribution in [-0.4, -0.2) is 38.9 Å². The first-order valence-corrected chi connectivity index (χ1v) is 6.34. The van der Waals surface area contributed by atoms with Crippen molar-refractivity contribution in [1.82, 2.24) is 15.0 Å². The van der Waals surface area contributed by atoms with Crippen molar-refractivity contribution >= 4 is 21.8 Å². The van der Waals surface area contributed by atoms with Crippen LogP contribution < -0.4 is 16.7 Å². The summed E-state index contributed by atoms with van der Waals surface area (Å²) in [6.45, 7) is 0. The van der Waals surface area contributed by atoms with Gasteiger partial charge in [-0.2, -0.15) is 13.4 Å². The molecule has 0 fully saturated rings. The van der Waals surface area contributed by atoms with Gasteiger partial charge in [0, 0.05) is 5.69 Å². The van der Waals surface area contributed by atoms with E-state index < -0.39 is 21.5 Å². The van der Waals surface area contributed by atoms with Gasteiger partial charge in [-0.3, -0.25) is 14.5 Å². The molecule has 0 spiro atoms. The molecular weight excluding hydrogens is 308 g/mol. The van der Waals surface area contributed by atoms with Crippen molar-refractivity contribution in [3.63, 3.8) is 0 Å². The zero-order valence-corrected chi connectivity index (χ0v) is 11.1. The molecule has 1 aromatic heterocycles. The van der Waals surface area contributed by atoms with Gasteiger partial charge >= 0.3 is 11.4 Å². The van der Waals surface area contributed by atoms with E-state index in [4.69, 9.17) is 4.55 Å². The molecule has 21 heavy (non-hydrogen) atoms. The summed E-state index contributed by atoms with van der Waals surface area (Å²) >= 11 is 0. The Hall–Kier alpha value is -2.54. The molecule has 2 aromatic rings. The highest BCUT2D eigenvalue weighted by Crippen LogP contribution is 2.16. The molecule has 2 rings (SSSR count). The van der Waals surface area contributed by atoms with Gasteiger partial charge in [-0.1, -0.05) is 6.07 Å². The zero-order chi connectivity index (χ0) is 14.0. The lowest BCUT2D eigenvalue weighted by Crippen LogP contribution is -2.25. The minimum absolute atomic E-state index is 0. The molecule has 1 heterocycles. The predicted octanol–water partition coefficient (Wildman–Crippen LogP) is -2.20. The molecule has 0 atom stereocenters. The van der Waals surface area contributed by atoms with Gasteiger partial charge in [0.05, 0.1) is 4.90 Å². The van der Waals surface area contributed by atoms with Crippen molar-refractivity contribution in [2.24, 2.45) is 0 Å². The average Bonchev–Trinajstić information content (AvgIpc) is 2.26. The second-order valence-corrected chi connectivity index (χ2v) is 4.89. The summed E-state index contributed by atoms with van der Waals surface area (Å²) in [5.41, 5.74) is -1.38. The lowest BCUT2D eigenvalue weighted by atomic mass is 10.3. The van der Waals surface area contributed by atoms with Crippen LogP contribution in [0, 0.1) is 0 Å². The Kier molecular flexibility index (Phi) is 5.94. The van der Waals surface area contributed by atoms with Crippen LogP contribution >= 0.6 is 0 Å². The fourth-order valence-electron chi connectivity index (χ4n) is 1.32. The van der Waals surface area contributed by atoms with Gasteiger partial charge < -0.3 is 16.3 Å². The van der Waals surface area contributed by atoms with Crippen LogP contribution in [0.3, 0.4) is 0 Å². The van der Waals surface area contributed by atoms with Crippen LogP contribution in [-0.2, 0) is 10.1 Å². The Morgan fingerprint density at radius 1 is 1.14 bits per heavy atom. The van der Waals surface area contributed by atoms with E-state index in [9.17, 15) is 18.0 Å². The number of nitrogens with zero attached hydrogens (tertiary/aromatic N) is 1. The van der Waals surface area contributed by atoms with Gasteiger partial charge in [0.15, 0.2) is 0 Å². The molecule has 0 bridgehead atoms. The third-order valence-electron chi connectivity index (χ3n) is 2.06. The molecular formula is C9H12N4O7S. The number of anilines is 2. The van der Waals surface area contributed by atoms with Gasteiger partial charge in [-0.05, 0) is 18.2 Å². The van der Waals surface area contributed by atoms with Crippen molar-refractivity contribution in [2.45, 2.75) is 4.90 Å². The van der Waals surface area contributed by atoms with Crippen molar-refractivity contribution < 1.29 is 23.9 Å². The number of H-pyrrole nitrogens is 2. The standard InChI is InChI=1S/C9H8N4O5S.2H2O/c14-8-11-7(12-9(15)13-8)10-5-2-1-3-6(4-5)19(16,17)18;;/h1-4H,(H,16,17,18)(H3,10,11,12,13,14,15);2*1H2. The molecule has 0 amide bonds. The SMILES string of the molecule is O.O.O=c1nc(Nc2cccc(S(=O)(=O)O)c2)[nH]c(=O)[nH]1. The van der Waals surface area contributed by atoms with Crippen LogP contribution in [0.4, 0.5) is 11.6 Å². The molecule has 0 aliphatic heterocycles. The van der Waals surface area contributed by atoms with Gasteiger partial charge in [-0.25, -0.2) is 9.59 Å². The summed E-state index contributed by atoms with van der Waals surface area (Å²) in [7, 11) is -4.33. The summed E-state index contributed by atoms with van der Waals surface area (Å²) in [6.07, 6.45) is 0. The fourth-order valence-corrected chi connectivity index (χ4v) is 1.85. The number of rotatable bonds is 3. The van der Waals surface area contributed by atoms with E-state index in [1.54, 1.807) is 0 Å². The maximum atomic E-state index is 11.0. The smallest absolute Gasteiger partial charge is 0.352 e. The molecule has 11 nitrogen and oxygen atoms in total. The van der Waals surface area contributed by atoms with Crippen molar-refractivity contribution in [1.29, 1.82) is 0 Å². The maximum Gasteiger partial charge on any atom is 0.352 e. The number of hydrogen-bond acceptors (Lipinski definition) is 6. The molecule has 0 unspecified atom stereocenters. The minimum atomic E-state index is -4.33. The summed E-state index contributed by atoms with van der Waals surface area (Å²) in [5, 5.41) is 2.54. The second-order valence-electron chi connectivity index (χ2n) is 3.47. The highest BCUT2D eigenvalue weighted by Gasteiger charge is 2.10. The zero-order valence-electron chi connectivity index (χ0n) is 10.2. The molecule has 1 aromatic carbocycles. The van der Waals surface area contributed by atoms with Crippen molar-refractivity contribution in [2.75, 3.05) is 5.32 Å². The summed E-state index contributed by atoms with van der Waals surface area (Å²) in [4.78, 5) is 29.2. The number of nitrogens with one attached hydrogen (secondary N) is 3. The lowest BCUT2D eigenvalue weighted by Gasteiger charge is -2.05. The number of hydrogen-bond donors (Lipinski definition) is 4. The third kappa shape index (κ3) is 4.81. The van der Waals surface area contributed by atoms with Crippen LogP contribution in [0.1, 0.15) is 0 Å². The molecule has 12 heteroatoms. The maximum absolute atomic E-state index is 11.0. The first kappa shape index (κ1) is 18.5.